The highest BCUT2D eigenvalue weighted by Crippen LogP contribution is 2.53. The van der Waals surface area contributed by atoms with E-state index in [9.17, 15) is 22.8 Å². The van der Waals surface area contributed by atoms with E-state index < -0.39 is 35.1 Å². The number of ether oxygens (including phenoxy) is 1. The van der Waals surface area contributed by atoms with Crippen molar-refractivity contribution in [3.63, 3.8) is 0 Å². The predicted octanol–water partition coefficient (Wildman–Crippen LogP) is 9.33. The van der Waals surface area contributed by atoms with Crippen LogP contribution in [0.1, 0.15) is 48.9 Å². The standard InChI is InChI=1S/C37H34F3NO3/c1-25-12-8-9-15-29(25)30(22-23-37(38,39)40)36(24-26-18-20-28(21-19-26)27-13-6-5-7-14-27)31-16-10-11-17-32(31)41(33(36)42)34(43)44-35(2,3)4/h5-23,30H,24H2,1-4H3/b23-22+. The van der Waals surface area contributed by atoms with E-state index in [1.807, 2.05) is 67.6 Å². The van der Waals surface area contributed by atoms with Crippen molar-refractivity contribution in [3.8, 4) is 11.1 Å². The molecule has 44 heavy (non-hydrogen) atoms. The zero-order valence-electron chi connectivity index (χ0n) is 25.1. The number of para-hydroxylation sites is 1. The van der Waals surface area contributed by atoms with Crippen molar-refractivity contribution < 1.29 is 27.5 Å². The maximum absolute atomic E-state index is 14.9. The number of carbonyl (C=O) groups excluding carboxylic acids is 2. The van der Waals surface area contributed by atoms with Crippen LogP contribution in [0, 0.1) is 6.92 Å². The Morgan fingerprint density at radius 2 is 1.43 bits per heavy atom. The Morgan fingerprint density at radius 3 is 2.07 bits per heavy atom. The van der Waals surface area contributed by atoms with Gasteiger partial charge in [-0.2, -0.15) is 13.2 Å². The largest absolute Gasteiger partial charge is 0.443 e. The molecule has 0 radical (unpaired) electrons. The zero-order valence-corrected chi connectivity index (χ0v) is 25.1. The number of hydrogen-bond acceptors (Lipinski definition) is 3. The first-order chi connectivity index (χ1) is 20.8. The molecule has 2 amide bonds. The summed E-state index contributed by atoms with van der Waals surface area (Å²) in [6.07, 6.45) is -4.20. The molecule has 1 aliphatic heterocycles. The van der Waals surface area contributed by atoms with Gasteiger partial charge in [-0.3, -0.25) is 4.79 Å². The van der Waals surface area contributed by atoms with E-state index in [1.165, 1.54) is 0 Å². The zero-order chi connectivity index (χ0) is 31.7. The Hall–Kier alpha value is -4.65. The van der Waals surface area contributed by atoms with Gasteiger partial charge >= 0.3 is 12.3 Å². The topological polar surface area (TPSA) is 46.6 Å². The summed E-state index contributed by atoms with van der Waals surface area (Å²) in [6.45, 7) is 6.90. The van der Waals surface area contributed by atoms with Gasteiger partial charge in [0, 0.05) is 12.0 Å². The number of nitrogens with zero attached hydrogens (tertiary/aromatic N) is 1. The van der Waals surface area contributed by atoms with Gasteiger partial charge in [0.05, 0.1) is 11.1 Å². The molecule has 2 unspecified atom stereocenters. The highest BCUT2D eigenvalue weighted by Gasteiger charge is 2.58. The summed E-state index contributed by atoms with van der Waals surface area (Å²) in [6, 6.07) is 31.3. The molecule has 5 rings (SSSR count). The SMILES string of the molecule is Cc1ccccc1C(/C=C/C(F)(F)F)C1(Cc2ccc(-c3ccccc3)cc2)C(=O)N(C(=O)OC(C)(C)C)c2ccccc21. The first kappa shape index (κ1) is 30.8. The normalized spacial score (nSPS) is 17.5. The molecule has 0 spiro atoms. The Bertz CT molecular complexity index is 1690. The monoisotopic (exact) mass is 597 g/mol. The third kappa shape index (κ3) is 6.18. The average Bonchev–Trinajstić information content (AvgIpc) is 3.21. The van der Waals surface area contributed by atoms with E-state index in [4.69, 9.17) is 4.74 Å². The van der Waals surface area contributed by atoms with E-state index in [-0.39, 0.29) is 12.5 Å². The molecule has 0 N–H and O–H groups in total. The van der Waals surface area contributed by atoms with E-state index in [2.05, 4.69) is 0 Å². The molecule has 0 fully saturated rings. The highest BCUT2D eigenvalue weighted by molar-refractivity contribution is 6.21. The van der Waals surface area contributed by atoms with Crippen molar-refractivity contribution >= 4 is 17.7 Å². The minimum absolute atomic E-state index is 0.0401. The molecular weight excluding hydrogens is 563 g/mol. The molecule has 1 heterocycles. The fourth-order valence-electron chi connectivity index (χ4n) is 5.98. The summed E-state index contributed by atoms with van der Waals surface area (Å²) in [5.41, 5.74) is 2.24. The highest BCUT2D eigenvalue weighted by atomic mass is 19.4. The second kappa shape index (κ2) is 11.8. The van der Waals surface area contributed by atoms with Gasteiger partial charge in [-0.15, -0.1) is 0 Å². The van der Waals surface area contributed by atoms with Crippen molar-refractivity contribution in [2.75, 3.05) is 4.90 Å². The van der Waals surface area contributed by atoms with Gasteiger partial charge in [0.2, 0.25) is 5.91 Å². The van der Waals surface area contributed by atoms with Crippen LogP contribution in [0.3, 0.4) is 0 Å². The van der Waals surface area contributed by atoms with Crippen LogP contribution in [0.4, 0.5) is 23.7 Å². The summed E-state index contributed by atoms with van der Waals surface area (Å²) in [7, 11) is 0. The maximum Gasteiger partial charge on any atom is 0.421 e. The molecule has 0 saturated carbocycles. The number of carbonyl (C=O) groups is 2. The van der Waals surface area contributed by atoms with Crippen molar-refractivity contribution in [1.29, 1.82) is 0 Å². The number of anilines is 1. The van der Waals surface area contributed by atoms with Gasteiger partial charge < -0.3 is 4.74 Å². The number of amides is 2. The third-order valence-electron chi connectivity index (χ3n) is 7.86. The summed E-state index contributed by atoms with van der Waals surface area (Å²) < 4.78 is 47.1. The number of alkyl halides is 3. The Labute approximate surface area is 255 Å². The lowest BCUT2D eigenvalue weighted by Crippen LogP contribution is -2.49. The van der Waals surface area contributed by atoms with Crippen LogP contribution in [0.15, 0.2) is 115 Å². The van der Waals surface area contributed by atoms with Gasteiger partial charge in [-0.25, -0.2) is 9.69 Å². The van der Waals surface area contributed by atoms with Crippen LogP contribution in [0.25, 0.3) is 11.1 Å². The van der Waals surface area contributed by atoms with Crippen molar-refractivity contribution in [3.05, 3.63) is 138 Å². The van der Waals surface area contributed by atoms with Gasteiger partial charge in [0.1, 0.15) is 5.60 Å². The van der Waals surface area contributed by atoms with Crippen LogP contribution < -0.4 is 4.90 Å². The second-order valence-electron chi connectivity index (χ2n) is 12.1. The number of aryl methyl sites for hydroxylation is 1. The van der Waals surface area contributed by atoms with Crippen molar-refractivity contribution in [2.45, 2.75) is 57.2 Å². The van der Waals surface area contributed by atoms with Crippen LogP contribution >= 0.6 is 0 Å². The lowest BCUT2D eigenvalue weighted by Gasteiger charge is -2.37. The van der Waals surface area contributed by atoms with Crippen molar-refractivity contribution in [1.82, 2.24) is 0 Å². The minimum Gasteiger partial charge on any atom is -0.443 e. The van der Waals surface area contributed by atoms with Crippen molar-refractivity contribution in [2.24, 2.45) is 0 Å². The fraction of sp³-hybridized carbons (Fsp3) is 0.243. The number of halogens is 3. The minimum atomic E-state index is -4.62. The molecule has 0 saturated heterocycles. The van der Waals surface area contributed by atoms with Crippen LogP contribution in [-0.4, -0.2) is 23.8 Å². The molecule has 2 atom stereocenters. The molecular formula is C37H34F3NO3. The van der Waals surface area contributed by atoms with Gasteiger partial charge in [0.15, 0.2) is 0 Å². The molecule has 4 aromatic carbocycles. The number of hydrogen-bond donors (Lipinski definition) is 0. The maximum atomic E-state index is 14.9. The Balaban J connectivity index is 1.74. The molecule has 0 aliphatic carbocycles. The smallest absolute Gasteiger partial charge is 0.421 e. The van der Waals surface area contributed by atoms with Gasteiger partial charge in [-0.05, 0) is 73.6 Å². The first-order valence-electron chi connectivity index (χ1n) is 14.4. The van der Waals surface area contributed by atoms with E-state index in [0.717, 1.165) is 33.2 Å². The van der Waals surface area contributed by atoms with E-state index in [1.54, 1.807) is 63.2 Å². The molecule has 4 nitrogen and oxygen atoms in total. The molecule has 0 aromatic heterocycles. The number of fused-ring (bicyclic) bond motifs is 1. The Morgan fingerprint density at radius 1 is 0.841 bits per heavy atom. The molecule has 4 aromatic rings. The molecule has 0 bridgehead atoms. The predicted molar refractivity (Wildman–Crippen MR) is 167 cm³/mol. The van der Waals surface area contributed by atoms with Gasteiger partial charge in [-0.1, -0.05) is 103 Å². The summed E-state index contributed by atoms with van der Waals surface area (Å²) >= 11 is 0. The van der Waals surface area contributed by atoms with E-state index >= 15 is 0 Å². The van der Waals surface area contributed by atoms with E-state index in [0.29, 0.717) is 16.8 Å². The number of imide groups is 1. The lowest BCUT2D eigenvalue weighted by molar-refractivity contribution is -0.123. The number of allylic oxidation sites excluding steroid dienone is 2. The van der Waals surface area contributed by atoms with Crippen LogP contribution in [0.5, 0.6) is 0 Å². The Kier molecular flexibility index (Phi) is 8.25. The fourth-order valence-corrected chi connectivity index (χ4v) is 5.98. The second-order valence-corrected chi connectivity index (χ2v) is 12.1. The quantitative estimate of drug-likeness (QED) is 0.208. The molecule has 7 heteroatoms. The summed E-state index contributed by atoms with van der Waals surface area (Å²) in [5.74, 6) is -1.71. The molecule has 1 aliphatic rings. The number of benzene rings is 4. The summed E-state index contributed by atoms with van der Waals surface area (Å²) in [5, 5.41) is 0. The average molecular weight is 598 g/mol. The first-order valence-corrected chi connectivity index (χ1v) is 14.4. The summed E-state index contributed by atoms with van der Waals surface area (Å²) in [4.78, 5) is 29.5. The lowest BCUT2D eigenvalue weighted by atomic mass is 9.64. The molecule has 226 valence electrons. The number of rotatable bonds is 6. The van der Waals surface area contributed by atoms with Crippen LogP contribution in [-0.2, 0) is 21.4 Å². The third-order valence-corrected chi connectivity index (χ3v) is 7.86. The van der Waals surface area contributed by atoms with Crippen LogP contribution in [0.2, 0.25) is 0 Å². The van der Waals surface area contributed by atoms with Gasteiger partial charge in [0.25, 0.3) is 0 Å².